The molecule has 0 saturated carbocycles. The van der Waals surface area contributed by atoms with Crippen LogP contribution in [0.4, 0.5) is 0 Å². The number of ether oxygens (including phenoxy) is 1. The number of nitriles is 1. The molecule has 2 atom stereocenters. The number of aromatic amines is 1. The molecule has 0 amide bonds. The summed E-state index contributed by atoms with van der Waals surface area (Å²) < 4.78 is 4.80. The Morgan fingerprint density at radius 1 is 1.50 bits per heavy atom. The van der Waals surface area contributed by atoms with E-state index in [0.29, 0.717) is 6.42 Å². The Morgan fingerprint density at radius 2 is 2.25 bits per heavy atom. The molecule has 0 aliphatic carbocycles. The zero-order chi connectivity index (χ0) is 14.5. The summed E-state index contributed by atoms with van der Waals surface area (Å²) in [6.45, 7) is 1.71. The molecule has 5 heteroatoms. The average Bonchev–Trinajstić information content (AvgIpc) is 2.89. The van der Waals surface area contributed by atoms with Gasteiger partial charge >= 0.3 is 5.97 Å². The molecule has 1 aromatic carbocycles. The fourth-order valence-corrected chi connectivity index (χ4v) is 2.21. The van der Waals surface area contributed by atoms with E-state index in [1.54, 1.807) is 6.92 Å². The maximum atomic E-state index is 11.8. The first kappa shape index (κ1) is 14.1. The Bertz CT molecular complexity index is 642. The normalized spacial score (nSPS) is 13.7. The van der Waals surface area contributed by atoms with Crippen molar-refractivity contribution < 1.29 is 9.53 Å². The summed E-state index contributed by atoms with van der Waals surface area (Å²) in [6.07, 6.45) is 2.36. The van der Waals surface area contributed by atoms with E-state index in [9.17, 15) is 4.79 Å². The summed E-state index contributed by atoms with van der Waals surface area (Å²) in [5, 5.41) is 12.9. The van der Waals surface area contributed by atoms with E-state index in [-0.39, 0.29) is 5.97 Å². The van der Waals surface area contributed by atoms with Crippen molar-refractivity contribution in [2.75, 3.05) is 7.11 Å². The highest BCUT2D eigenvalue weighted by atomic mass is 16.5. The largest absolute Gasteiger partial charge is 0.468 e. The third-order valence-corrected chi connectivity index (χ3v) is 3.23. The first-order valence-corrected chi connectivity index (χ1v) is 6.44. The summed E-state index contributed by atoms with van der Waals surface area (Å²) in [7, 11) is 1.35. The van der Waals surface area contributed by atoms with Crippen LogP contribution in [0.15, 0.2) is 30.5 Å². The van der Waals surface area contributed by atoms with Crippen molar-refractivity contribution in [1.82, 2.24) is 10.3 Å². The van der Waals surface area contributed by atoms with E-state index < -0.39 is 12.1 Å². The highest BCUT2D eigenvalue weighted by Gasteiger charge is 2.22. The molecular weight excluding hydrogens is 254 g/mol. The summed E-state index contributed by atoms with van der Waals surface area (Å²) in [4.78, 5) is 15.0. The molecular formula is C15H17N3O2. The smallest absolute Gasteiger partial charge is 0.323 e. The van der Waals surface area contributed by atoms with Gasteiger partial charge in [0.25, 0.3) is 0 Å². The molecule has 104 valence electrons. The molecule has 0 aliphatic heterocycles. The van der Waals surface area contributed by atoms with Crippen molar-refractivity contribution in [3.05, 3.63) is 36.0 Å². The van der Waals surface area contributed by atoms with Crippen molar-refractivity contribution in [2.24, 2.45) is 0 Å². The van der Waals surface area contributed by atoms with Gasteiger partial charge in [-0.05, 0) is 18.6 Å². The molecule has 1 aromatic heterocycles. The maximum absolute atomic E-state index is 11.8. The van der Waals surface area contributed by atoms with E-state index in [0.717, 1.165) is 16.5 Å². The van der Waals surface area contributed by atoms with Crippen LogP contribution in [0.1, 0.15) is 12.5 Å². The van der Waals surface area contributed by atoms with Crippen LogP contribution in [-0.4, -0.2) is 30.1 Å². The zero-order valence-electron chi connectivity index (χ0n) is 11.5. The minimum Gasteiger partial charge on any atom is -0.468 e. The van der Waals surface area contributed by atoms with E-state index in [2.05, 4.69) is 16.4 Å². The second-order valence-corrected chi connectivity index (χ2v) is 4.66. The van der Waals surface area contributed by atoms with E-state index in [1.165, 1.54) is 7.11 Å². The second-order valence-electron chi connectivity index (χ2n) is 4.66. The first-order valence-electron chi connectivity index (χ1n) is 6.44. The fourth-order valence-electron chi connectivity index (χ4n) is 2.21. The number of rotatable bonds is 5. The van der Waals surface area contributed by atoms with Crippen molar-refractivity contribution in [1.29, 1.82) is 5.26 Å². The second kappa shape index (κ2) is 6.22. The number of hydrogen-bond donors (Lipinski definition) is 2. The van der Waals surface area contributed by atoms with Crippen molar-refractivity contribution in [3.63, 3.8) is 0 Å². The third-order valence-electron chi connectivity index (χ3n) is 3.23. The van der Waals surface area contributed by atoms with Gasteiger partial charge in [0.05, 0.1) is 19.2 Å². The number of benzene rings is 1. The van der Waals surface area contributed by atoms with Crippen LogP contribution in [0.3, 0.4) is 0 Å². The molecule has 2 rings (SSSR count). The van der Waals surface area contributed by atoms with Crippen LogP contribution in [0.25, 0.3) is 10.9 Å². The predicted octanol–water partition coefficient (Wildman–Crippen LogP) is 1.75. The molecule has 0 saturated heterocycles. The summed E-state index contributed by atoms with van der Waals surface area (Å²) in [6, 6.07) is 9.02. The first-order chi connectivity index (χ1) is 9.65. The van der Waals surface area contributed by atoms with Gasteiger partial charge in [0.15, 0.2) is 0 Å². The zero-order valence-corrected chi connectivity index (χ0v) is 11.5. The van der Waals surface area contributed by atoms with Crippen molar-refractivity contribution in [2.45, 2.75) is 25.4 Å². The summed E-state index contributed by atoms with van der Waals surface area (Å²) >= 11 is 0. The van der Waals surface area contributed by atoms with E-state index in [1.807, 2.05) is 30.5 Å². The number of hydrogen-bond acceptors (Lipinski definition) is 4. The molecule has 20 heavy (non-hydrogen) atoms. The van der Waals surface area contributed by atoms with E-state index in [4.69, 9.17) is 10.00 Å². The lowest BCUT2D eigenvalue weighted by molar-refractivity contribution is -0.143. The Kier molecular flexibility index (Phi) is 4.38. The predicted molar refractivity (Wildman–Crippen MR) is 76.0 cm³/mol. The number of esters is 1. The van der Waals surface area contributed by atoms with Crippen LogP contribution in [0, 0.1) is 11.3 Å². The van der Waals surface area contributed by atoms with Gasteiger partial charge in [-0.3, -0.25) is 10.1 Å². The van der Waals surface area contributed by atoms with Crippen LogP contribution >= 0.6 is 0 Å². The Labute approximate surface area is 117 Å². The average molecular weight is 271 g/mol. The standard InChI is InChI=1S/C15H17N3O2/c1-10(8-16)18-14(15(19)20-2)7-11-9-17-13-6-4-3-5-12(11)13/h3-6,9-10,14,17-18H,7H2,1-2H3/t10-,14+/m1/s1. The summed E-state index contributed by atoms with van der Waals surface area (Å²) in [5.74, 6) is -0.364. The van der Waals surface area contributed by atoms with Gasteiger partial charge in [-0.2, -0.15) is 5.26 Å². The van der Waals surface area contributed by atoms with Gasteiger partial charge in [0.1, 0.15) is 6.04 Å². The lowest BCUT2D eigenvalue weighted by atomic mass is 10.0. The number of carbonyl (C=O) groups is 1. The fraction of sp³-hybridized carbons (Fsp3) is 0.333. The molecule has 5 nitrogen and oxygen atoms in total. The number of fused-ring (bicyclic) bond motifs is 1. The van der Waals surface area contributed by atoms with Crippen LogP contribution in [-0.2, 0) is 16.0 Å². The summed E-state index contributed by atoms with van der Waals surface area (Å²) in [5.41, 5.74) is 2.05. The maximum Gasteiger partial charge on any atom is 0.323 e. The van der Waals surface area contributed by atoms with Crippen molar-refractivity contribution in [3.8, 4) is 6.07 Å². The van der Waals surface area contributed by atoms with Gasteiger partial charge in [0.2, 0.25) is 0 Å². The van der Waals surface area contributed by atoms with E-state index >= 15 is 0 Å². The molecule has 0 aliphatic rings. The van der Waals surface area contributed by atoms with Crippen LogP contribution in [0.5, 0.6) is 0 Å². The molecule has 2 N–H and O–H groups in total. The molecule has 0 bridgehead atoms. The Balaban J connectivity index is 2.23. The van der Waals surface area contributed by atoms with Gasteiger partial charge in [-0.15, -0.1) is 0 Å². The Morgan fingerprint density at radius 3 is 2.95 bits per heavy atom. The topological polar surface area (TPSA) is 77.9 Å². The molecule has 1 heterocycles. The minimum absolute atomic E-state index is 0.364. The molecule has 0 radical (unpaired) electrons. The minimum atomic E-state index is -0.533. The quantitative estimate of drug-likeness (QED) is 0.812. The monoisotopic (exact) mass is 271 g/mol. The number of methoxy groups -OCH3 is 1. The molecule has 0 unspecified atom stereocenters. The number of carbonyl (C=O) groups excluding carboxylic acids is 1. The van der Waals surface area contributed by atoms with Gasteiger partial charge in [-0.1, -0.05) is 18.2 Å². The van der Waals surface area contributed by atoms with Crippen molar-refractivity contribution >= 4 is 16.9 Å². The van der Waals surface area contributed by atoms with Gasteiger partial charge < -0.3 is 9.72 Å². The van der Waals surface area contributed by atoms with Crippen LogP contribution < -0.4 is 5.32 Å². The highest BCUT2D eigenvalue weighted by molar-refractivity contribution is 5.84. The number of aromatic nitrogens is 1. The highest BCUT2D eigenvalue weighted by Crippen LogP contribution is 2.19. The lowest BCUT2D eigenvalue weighted by Gasteiger charge is -2.17. The van der Waals surface area contributed by atoms with Crippen LogP contribution in [0.2, 0.25) is 0 Å². The number of nitrogens with zero attached hydrogens (tertiary/aromatic N) is 1. The van der Waals surface area contributed by atoms with Gasteiger partial charge in [-0.25, -0.2) is 0 Å². The number of nitrogens with one attached hydrogen (secondary N) is 2. The number of H-pyrrole nitrogens is 1. The number of para-hydroxylation sites is 1. The lowest BCUT2D eigenvalue weighted by Crippen LogP contribution is -2.43. The SMILES string of the molecule is COC(=O)[C@H](Cc1c[nH]c2ccccc12)N[C@H](C)C#N. The Hall–Kier alpha value is -2.32. The van der Waals surface area contributed by atoms with Gasteiger partial charge in [0, 0.05) is 23.5 Å². The third kappa shape index (κ3) is 2.98. The molecule has 0 spiro atoms. The molecule has 0 fully saturated rings. The molecule has 2 aromatic rings.